The largest absolute Gasteiger partial charge is 0.354 e. The first kappa shape index (κ1) is 17.6. The molecule has 5 heteroatoms. The third kappa shape index (κ3) is 4.66. The Morgan fingerprint density at radius 3 is 2.15 bits per heavy atom. The van der Waals surface area contributed by atoms with Crippen LogP contribution in [-0.4, -0.2) is 22.0 Å². The van der Waals surface area contributed by atoms with Crippen LogP contribution in [0.5, 0.6) is 0 Å². The number of hydrogen-bond donors (Lipinski definition) is 1. The Morgan fingerprint density at radius 2 is 1.58 bits per heavy atom. The predicted octanol–water partition coefficient (Wildman–Crippen LogP) is 2.58. The first-order chi connectivity index (χ1) is 12.7. The Balaban J connectivity index is 1.64. The first-order valence-electron chi connectivity index (χ1n) is 8.62. The monoisotopic (exact) mass is 347 g/mol. The zero-order valence-corrected chi connectivity index (χ0v) is 14.4. The Morgan fingerprint density at radius 1 is 0.962 bits per heavy atom. The fourth-order valence-corrected chi connectivity index (χ4v) is 2.93. The van der Waals surface area contributed by atoms with E-state index in [2.05, 4.69) is 10.3 Å². The topological polar surface area (TPSA) is 64.0 Å². The zero-order valence-electron chi connectivity index (χ0n) is 14.4. The number of amides is 1. The third-order valence-electron chi connectivity index (χ3n) is 4.25. The molecular weight excluding hydrogens is 326 g/mol. The average Bonchev–Trinajstić information content (AvgIpc) is 2.69. The third-order valence-corrected chi connectivity index (χ3v) is 4.25. The summed E-state index contributed by atoms with van der Waals surface area (Å²) < 4.78 is 1.48. The molecular formula is C21H21N3O2. The molecule has 0 bridgehead atoms. The van der Waals surface area contributed by atoms with Gasteiger partial charge in [-0.15, -0.1) is 0 Å². The molecule has 132 valence electrons. The highest BCUT2D eigenvalue weighted by atomic mass is 16.2. The lowest BCUT2D eigenvalue weighted by molar-refractivity contribution is -0.121. The lowest BCUT2D eigenvalue weighted by Gasteiger charge is -2.18. The normalized spacial score (nSPS) is 10.7. The van der Waals surface area contributed by atoms with Crippen molar-refractivity contribution in [2.24, 2.45) is 0 Å². The number of carbonyl (C=O) groups excluding carboxylic acids is 1. The summed E-state index contributed by atoms with van der Waals surface area (Å²) in [6.45, 7) is 0.792. The van der Waals surface area contributed by atoms with E-state index in [0.29, 0.717) is 19.5 Å². The molecule has 0 aliphatic carbocycles. The zero-order chi connectivity index (χ0) is 18.2. The SMILES string of the molecule is O=C(CC(c1ccccc1)c1ccccc1)NCCn1cccnc1=O. The van der Waals surface area contributed by atoms with Gasteiger partial charge in [-0.1, -0.05) is 60.7 Å². The Hall–Kier alpha value is -3.21. The number of hydrogen-bond acceptors (Lipinski definition) is 3. The molecule has 1 heterocycles. The minimum atomic E-state index is -0.312. The molecule has 5 nitrogen and oxygen atoms in total. The van der Waals surface area contributed by atoms with Gasteiger partial charge in [-0.2, -0.15) is 0 Å². The highest BCUT2D eigenvalue weighted by molar-refractivity contribution is 5.77. The molecule has 1 N–H and O–H groups in total. The summed E-state index contributed by atoms with van der Waals surface area (Å²) in [7, 11) is 0. The second-order valence-corrected chi connectivity index (χ2v) is 6.02. The van der Waals surface area contributed by atoms with E-state index in [0.717, 1.165) is 11.1 Å². The van der Waals surface area contributed by atoms with Gasteiger partial charge in [0.15, 0.2) is 0 Å². The molecule has 0 unspecified atom stereocenters. The van der Waals surface area contributed by atoms with Crippen molar-refractivity contribution in [1.29, 1.82) is 0 Å². The van der Waals surface area contributed by atoms with Gasteiger partial charge in [0.05, 0.1) is 0 Å². The predicted molar refractivity (Wildman–Crippen MR) is 101 cm³/mol. The molecule has 0 saturated carbocycles. The van der Waals surface area contributed by atoms with Crippen LogP contribution >= 0.6 is 0 Å². The summed E-state index contributed by atoms with van der Waals surface area (Å²) >= 11 is 0. The quantitative estimate of drug-likeness (QED) is 0.714. The molecule has 1 amide bonds. The molecule has 0 aliphatic heterocycles. The highest BCUT2D eigenvalue weighted by Crippen LogP contribution is 2.27. The van der Waals surface area contributed by atoms with Crippen molar-refractivity contribution >= 4 is 5.91 Å². The molecule has 3 aromatic rings. The van der Waals surface area contributed by atoms with Crippen LogP contribution in [0.25, 0.3) is 0 Å². The van der Waals surface area contributed by atoms with Crippen LogP contribution in [0, 0.1) is 0 Å². The summed E-state index contributed by atoms with van der Waals surface area (Å²) in [4.78, 5) is 27.7. The summed E-state index contributed by atoms with van der Waals surface area (Å²) in [5, 5.41) is 2.90. The average molecular weight is 347 g/mol. The van der Waals surface area contributed by atoms with Crippen LogP contribution in [0.15, 0.2) is 83.9 Å². The van der Waals surface area contributed by atoms with Gasteiger partial charge in [-0.05, 0) is 17.2 Å². The van der Waals surface area contributed by atoms with Crippen LogP contribution in [0.2, 0.25) is 0 Å². The fraction of sp³-hybridized carbons (Fsp3) is 0.190. The number of rotatable bonds is 7. The van der Waals surface area contributed by atoms with Crippen LogP contribution in [0.4, 0.5) is 0 Å². The lowest BCUT2D eigenvalue weighted by atomic mass is 9.88. The van der Waals surface area contributed by atoms with E-state index in [1.807, 2.05) is 60.7 Å². The van der Waals surface area contributed by atoms with Gasteiger partial charge in [-0.3, -0.25) is 9.36 Å². The van der Waals surface area contributed by atoms with Gasteiger partial charge in [0, 0.05) is 37.8 Å². The number of benzene rings is 2. The van der Waals surface area contributed by atoms with Crippen molar-refractivity contribution in [3.63, 3.8) is 0 Å². The molecule has 0 atom stereocenters. The molecule has 2 aromatic carbocycles. The number of carbonyl (C=O) groups is 1. The van der Waals surface area contributed by atoms with Gasteiger partial charge in [0.1, 0.15) is 0 Å². The van der Waals surface area contributed by atoms with E-state index in [4.69, 9.17) is 0 Å². The maximum absolute atomic E-state index is 12.5. The number of nitrogens with zero attached hydrogens (tertiary/aromatic N) is 2. The van der Waals surface area contributed by atoms with Crippen molar-refractivity contribution in [3.05, 3.63) is 101 Å². The minimum absolute atomic E-state index is 0.00138. The van der Waals surface area contributed by atoms with Crippen LogP contribution in [0.1, 0.15) is 23.5 Å². The lowest BCUT2D eigenvalue weighted by Crippen LogP contribution is -2.32. The maximum Gasteiger partial charge on any atom is 0.347 e. The van der Waals surface area contributed by atoms with Crippen LogP contribution in [0.3, 0.4) is 0 Å². The van der Waals surface area contributed by atoms with E-state index >= 15 is 0 Å². The summed E-state index contributed by atoms with van der Waals surface area (Å²) in [6, 6.07) is 21.7. The second-order valence-electron chi connectivity index (χ2n) is 6.02. The molecule has 0 aliphatic rings. The van der Waals surface area contributed by atoms with Gasteiger partial charge in [0.2, 0.25) is 5.91 Å². The van der Waals surface area contributed by atoms with Gasteiger partial charge >= 0.3 is 5.69 Å². The molecule has 0 radical (unpaired) electrons. The molecule has 3 rings (SSSR count). The Bertz CT molecular complexity index is 852. The summed E-state index contributed by atoms with van der Waals surface area (Å²) in [5.41, 5.74) is 1.91. The smallest absolute Gasteiger partial charge is 0.347 e. The minimum Gasteiger partial charge on any atom is -0.354 e. The summed E-state index contributed by atoms with van der Waals surface area (Å²) in [6.07, 6.45) is 3.48. The highest BCUT2D eigenvalue weighted by Gasteiger charge is 2.17. The van der Waals surface area contributed by atoms with Gasteiger partial charge < -0.3 is 5.32 Å². The van der Waals surface area contributed by atoms with Crippen molar-refractivity contribution in [2.75, 3.05) is 6.54 Å². The van der Waals surface area contributed by atoms with Gasteiger partial charge in [0.25, 0.3) is 0 Å². The van der Waals surface area contributed by atoms with Crippen molar-refractivity contribution in [3.8, 4) is 0 Å². The molecule has 26 heavy (non-hydrogen) atoms. The molecule has 0 fully saturated rings. The Kier molecular flexibility index (Phi) is 5.93. The van der Waals surface area contributed by atoms with E-state index in [1.165, 1.54) is 10.8 Å². The summed E-state index contributed by atoms with van der Waals surface area (Å²) in [5.74, 6) is -0.0434. The number of aromatic nitrogens is 2. The van der Waals surface area contributed by atoms with E-state index < -0.39 is 0 Å². The van der Waals surface area contributed by atoms with Crippen molar-refractivity contribution < 1.29 is 4.79 Å². The maximum atomic E-state index is 12.5. The van der Waals surface area contributed by atoms with E-state index in [9.17, 15) is 9.59 Å². The number of nitrogens with one attached hydrogen (secondary N) is 1. The Labute approximate surface area is 152 Å². The van der Waals surface area contributed by atoms with E-state index in [1.54, 1.807) is 12.3 Å². The second kappa shape index (κ2) is 8.76. The molecule has 0 saturated heterocycles. The van der Waals surface area contributed by atoms with Crippen LogP contribution in [-0.2, 0) is 11.3 Å². The van der Waals surface area contributed by atoms with Gasteiger partial charge in [-0.25, -0.2) is 9.78 Å². The van der Waals surface area contributed by atoms with Crippen molar-refractivity contribution in [1.82, 2.24) is 14.9 Å². The molecule has 1 aromatic heterocycles. The fourth-order valence-electron chi connectivity index (χ4n) is 2.93. The van der Waals surface area contributed by atoms with E-state index in [-0.39, 0.29) is 17.5 Å². The molecule has 0 spiro atoms. The first-order valence-corrected chi connectivity index (χ1v) is 8.62. The van der Waals surface area contributed by atoms with Crippen LogP contribution < -0.4 is 11.0 Å². The van der Waals surface area contributed by atoms with Crippen molar-refractivity contribution in [2.45, 2.75) is 18.9 Å². The standard InChI is InChI=1S/C21H21N3O2/c25-20(22-13-15-24-14-7-12-23-21(24)26)16-19(17-8-3-1-4-9-17)18-10-5-2-6-11-18/h1-12,14,19H,13,15-16H2,(H,22,25).